The van der Waals surface area contributed by atoms with Crippen LogP contribution in [0.15, 0.2) is 24.3 Å². The fourth-order valence-corrected chi connectivity index (χ4v) is 1.67. The lowest BCUT2D eigenvalue weighted by Crippen LogP contribution is -2.40. The van der Waals surface area contributed by atoms with Gasteiger partial charge in [-0.2, -0.15) is 13.2 Å². The van der Waals surface area contributed by atoms with Gasteiger partial charge < -0.3 is 15.7 Å². The van der Waals surface area contributed by atoms with Crippen LogP contribution in [0.25, 0.3) is 0 Å². The molecule has 0 fully saturated rings. The quantitative estimate of drug-likeness (QED) is 0.782. The summed E-state index contributed by atoms with van der Waals surface area (Å²) in [6.45, 7) is 3.78. The summed E-state index contributed by atoms with van der Waals surface area (Å²) in [5, 5.41) is 14.1. The first-order valence-corrected chi connectivity index (χ1v) is 6.57. The van der Waals surface area contributed by atoms with Crippen molar-refractivity contribution < 1.29 is 23.1 Å². The summed E-state index contributed by atoms with van der Waals surface area (Å²) in [4.78, 5) is 11.4. The van der Waals surface area contributed by atoms with Crippen LogP contribution >= 0.6 is 0 Å². The van der Waals surface area contributed by atoms with Gasteiger partial charge in [0.2, 0.25) is 0 Å². The van der Waals surface area contributed by atoms with E-state index in [1.807, 2.05) is 0 Å². The van der Waals surface area contributed by atoms with E-state index in [4.69, 9.17) is 5.11 Å². The van der Waals surface area contributed by atoms with Crippen LogP contribution in [0, 0.1) is 0 Å². The highest BCUT2D eigenvalue weighted by atomic mass is 19.4. The van der Waals surface area contributed by atoms with Crippen molar-refractivity contribution in [1.82, 2.24) is 10.6 Å². The Morgan fingerprint density at radius 2 is 1.67 bits per heavy atom. The zero-order valence-corrected chi connectivity index (χ0v) is 11.9. The molecular weight excluding hydrogens is 285 g/mol. The Morgan fingerprint density at radius 3 is 2.14 bits per heavy atom. The van der Waals surface area contributed by atoms with Crippen molar-refractivity contribution in [1.29, 1.82) is 0 Å². The highest BCUT2D eigenvalue weighted by Crippen LogP contribution is 2.30. The topological polar surface area (TPSA) is 61.4 Å². The molecule has 2 amide bonds. The first-order valence-electron chi connectivity index (χ1n) is 6.57. The minimum absolute atomic E-state index is 0.121. The highest BCUT2D eigenvalue weighted by Gasteiger charge is 2.30. The molecular formula is C14H19F3N2O2. The number of aliphatic hydroxyl groups is 1. The third kappa shape index (κ3) is 6.03. The van der Waals surface area contributed by atoms with Crippen LogP contribution in [0.5, 0.6) is 0 Å². The van der Waals surface area contributed by atoms with Crippen molar-refractivity contribution in [3.8, 4) is 0 Å². The lowest BCUT2D eigenvalue weighted by molar-refractivity contribution is -0.137. The number of aliphatic hydroxyl groups excluding tert-OH is 1. The zero-order chi connectivity index (χ0) is 16.0. The van der Waals surface area contributed by atoms with Gasteiger partial charge in [-0.1, -0.05) is 19.1 Å². The lowest BCUT2D eigenvalue weighted by atomic mass is 10.00. The summed E-state index contributed by atoms with van der Waals surface area (Å²) >= 11 is 0. The van der Waals surface area contributed by atoms with Crippen molar-refractivity contribution in [2.45, 2.75) is 32.0 Å². The van der Waals surface area contributed by atoms with Crippen LogP contribution < -0.4 is 10.6 Å². The first-order chi connectivity index (χ1) is 9.70. The van der Waals surface area contributed by atoms with E-state index in [2.05, 4.69) is 10.6 Å². The number of rotatable bonds is 5. The summed E-state index contributed by atoms with van der Waals surface area (Å²) in [7, 11) is 0. The van der Waals surface area contributed by atoms with Crippen molar-refractivity contribution in [3.63, 3.8) is 0 Å². The average Bonchev–Trinajstić information content (AvgIpc) is 2.41. The molecule has 21 heavy (non-hydrogen) atoms. The Bertz CT molecular complexity index is 458. The fourth-order valence-electron chi connectivity index (χ4n) is 1.67. The Labute approximate surface area is 121 Å². The largest absolute Gasteiger partial charge is 0.416 e. The molecule has 0 aliphatic rings. The Morgan fingerprint density at radius 1 is 1.14 bits per heavy atom. The van der Waals surface area contributed by atoms with Gasteiger partial charge in [-0.05, 0) is 30.5 Å². The summed E-state index contributed by atoms with van der Waals surface area (Å²) < 4.78 is 37.3. The third-order valence-corrected chi connectivity index (χ3v) is 2.93. The predicted molar refractivity (Wildman–Crippen MR) is 72.9 cm³/mol. The van der Waals surface area contributed by atoms with Crippen molar-refractivity contribution in [3.05, 3.63) is 35.4 Å². The molecule has 0 unspecified atom stereocenters. The predicted octanol–water partition coefficient (Wildman–Crippen LogP) is 2.49. The van der Waals surface area contributed by atoms with Gasteiger partial charge >= 0.3 is 12.2 Å². The Balaban J connectivity index is 2.49. The molecule has 0 spiro atoms. The van der Waals surface area contributed by atoms with Gasteiger partial charge in [0.25, 0.3) is 0 Å². The lowest BCUT2D eigenvalue weighted by Gasteiger charge is -2.15. The van der Waals surface area contributed by atoms with Crippen LogP contribution in [0.2, 0.25) is 0 Å². The summed E-state index contributed by atoms with van der Waals surface area (Å²) in [6.07, 6.45) is -4.98. The molecule has 1 aromatic rings. The molecule has 0 saturated heterocycles. The average molecular weight is 304 g/mol. The first kappa shape index (κ1) is 17.3. The number of hydrogen-bond acceptors (Lipinski definition) is 2. The van der Waals surface area contributed by atoms with Gasteiger partial charge in [-0.15, -0.1) is 0 Å². The number of urea groups is 1. The Hall–Kier alpha value is -1.76. The van der Waals surface area contributed by atoms with Gasteiger partial charge in [0.05, 0.1) is 11.7 Å². The van der Waals surface area contributed by atoms with Gasteiger partial charge in [-0.25, -0.2) is 4.79 Å². The second kappa shape index (κ2) is 7.31. The molecule has 1 aromatic carbocycles. The Kier molecular flexibility index (Phi) is 6.02. The molecule has 118 valence electrons. The van der Waals surface area contributed by atoms with Crippen molar-refractivity contribution in [2.24, 2.45) is 0 Å². The second-order valence-electron chi connectivity index (χ2n) is 4.96. The molecule has 3 N–H and O–H groups in total. The fraction of sp³-hybridized carbons (Fsp3) is 0.500. The number of amides is 2. The van der Waals surface area contributed by atoms with E-state index in [9.17, 15) is 18.0 Å². The van der Waals surface area contributed by atoms with Gasteiger partial charge in [-0.3, -0.25) is 0 Å². The van der Waals surface area contributed by atoms with E-state index in [1.54, 1.807) is 13.8 Å². The summed E-state index contributed by atoms with van der Waals surface area (Å²) in [5.41, 5.74) is 0.0138. The van der Waals surface area contributed by atoms with Crippen LogP contribution in [-0.2, 0) is 6.18 Å². The van der Waals surface area contributed by atoms with Crippen LogP contribution in [0.4, 0.5) is 18.0 Å². The SMILES string of the molecule is C[C@H](CNC(=O)NC[C@@H](C)O)c1ccc(C(F)(F)F)cc1. The number of nitrogens with one attached hydrogen (secondary N) is 2. The second-order valence-corrected chi connectivity index (χ2v) is 4.96. The maximum absolute atomic E-state index is 12.4. The van der Waals surface area contributed by atoms with E-state index < -0.39 is 23.9 Å². The van der Waals surface area contributed by atoms with E-state index in [1.165, 1.54) is 12.1 Å². The number of hydrogen-bond donors (Lipinski definition) is 3. The van der Waals surface area contributed by atoms with E-state index in [-0.39, 0.29) is 19.0 Å². The van der Waals surface area contributed by atoms with Crippen LogP contribution in [0.1, 0.15) is 30.9 Å². The van der Waals surface area contributed by atoms with Gasteiger partial charge in [0.15, 0.2) is 0 Å². The molecule has 4 nitrogen and oxygen atoms in total. The molecule has 0 aromatic heterocycles. The minimum Gasteiger partial charge on any atom is -0.392 e. The maximum Gasteiger partial charge on any atom is 0.416 e. The molecule has 0 bridgehead atoms. The molecule has 0 radical (unpaired) electrons. The van der Waals surface area contributed by atoms with Crippen molar-refractivity contribution in [2.75, 3.05) is 13.1 Å². The molecule has 7 heteroatoms. The van der Waals surface area contributed by atoms with Crippen LogP contribution in [-0.4, -0.2) is 30.3 Å². The summed E-state index contributed by atoms with van der Waals surface area (Å²) in [5.74, 6) is -0.121. The van der Waals surface area contributed by atoms with Gasteiger partial charge in [0.1, 0.15) is 0 Å². The standard InChI is InChI=1S/C14H19F3N2O2/c1-9(7-18-13(21)19-8-10(2)20)11-3-5-12(6-4-11)14(15,16)17/h3-6,9-10,20H,7-8H2,1-2H3,(H2,18,19,21)/t9-,10-/m1/s1. The van der Waals surface area contributed by atoms with E-state index in [0.29, 0.717) is 5.56 Å². The number of carbonyl (C=O) groups excluding carboxylic acids is 1. The minimum atomic E-state index is -4.35. The molecule has 1 rings (SSSR count). The van der Waals surface area contributed by atoms with E-state index >= 15 is 0 Å². The summed E-state index contributed by atoms with van der Waals surface area (Å²) in [6, 6.07) is 4.44. The number of benzene rings is 1. The maximum atomic E-state index is 12.4. The monoisotopic (exact) mass is 304 g/mol. The molecule has 0 aliphatic carbocycles. The molecule has 2 atom stereocenters. The number of carbonyl (C=O) groups is 1. The normalized spacial score (nSPS) is 14.4. The van der Waals surface area contributed by atoms with Crippen LogP contribution in [0.3, 0.4) is 0 Å². The number of halogens is 3. The molecule has 0 saturated carbocycles. The van der Waals surface area contributed by atoms with E-state index in [0.717, 1.165) is 12.1 Å². The highest BCUT2D eigenvalue weighted by molar-refractivity contribution is 5.73. The molecule has 0 aliphatic heterocycles. The molecule has 0 heterocycles. The smallest absolute Gasteiger partial charge is 0.392 e. The zero-order valence-electron chi connectivity index (χ0n) is 11.9. The number of alkyl halides is 3. The van der Waals surface area contributed by atoms with Gasteiger partial charge in [0, 0.05) is 13.1 Å². The van der Waals surface area contributed by atoms with Crippen molar-refractivity contribution >= 4 is 6.03 Å². The third-order valence-electron chi connectivity index (χ3n) is 2.93.